The molecule has 174 valence electrons. The van der Waals surface area contributed by atoms with Crippen LogP contribution < -0.4 is 0 Å². The summed E-state index contributed by atoms with van der Waals surface area (Å²) in [5.74, 6) is -0.408. The summed E-state index contributed by atoms with van der Waals surface area (Å²) in [4.78, 5) is 14.1. The van der Waals surface area contributed by atoms with E-state index in [9.17, 15) is 4.79 Å². The van der Waals surface area contributed by atoms with Gasteiger partial charge in [0.1, 0.15) is 5.70 Å². The highest BCUT2D eigenvalue weighted by molar-refractivity contribution is 6.31. The second-order valence-corrected chi connectivity index (χ2v) is 7.06. The van der Waals surface area contributed by atoms with Gasteiger partial charge in [-0.25, -0.2) is 4.79 Å². The largest absolute Gasteiger partial charge is 0.461 e. The first-order chi connectivity index (χ1) is 13.7. The zero-order valence-electron chi connectivity index (χ0n) is 20.6. The van der Waals surface area contributed by atoms with Crippen molar-refractivity contribution in [3.63, 3.8) is 0 Å². The van der Waals surface area contributed by atoms with Gasteiger partial charge in [0.25, 0.3) is 0 Å². The topological polar surface area (TPSA) is 48.0 Å². The zero-order valence-corrected chi connectivity index (χ0v) is 21.3. The van der Waals surface area contributed by atoms with E-state index in [-0.39, 0.29) is 12.0 Å². The van der Waals surface area contributed by atoms with E-state index in [1.807, 2.05) is 39.6 Å². The van der Waals surface area contributed by atoms with Gasteiger partial charge in [0, 0.05) is 33.9 Å². The summed E-state index contributed by atoms with van der Waals surface area (Å²) in [7, 11) is 3.50. The summed E-state index contributed by atoms with van der Waals surface area (Å²) in [5, 5.41) is 0.372. The molecule has 0 radical (unpaired) electrons. The van der Waals surface area contributed by atoms with Crippen molar-refractivity contribution in [1.82, 2.24) is 4.90 Å². The van der Waals surface area contributed by atoms with Crippen molar-refractivity contribution < 1.29 is 19.0 Å². The van der Waals surface area contributed by atoms with Crippen LogP contribution in [0.5, 0.6) is 0 Å². The Labute approximate surface area is 186 Å². The van der Waals surface area contributed by atoms with E-state index in [0.29, 0.717) is 30.5 Å². The fourth-order valence-electron chi connectivity index (χ4n) is 1.82. The smallest absolute Gasteiger partial charge is 0.355 e. The molecule has 0 aromatic carbocycles. The third kappa shape index (κ3) is 22.9. The van der Waals surface area contributed by atoms with E-state index in [4.69, 9.17) is 25.8 Å². The number of methoxy groups -OCH3 is 1. The Kier molecular flexibility index (Phi) is 30.1. The molecule has 0 aromatic rings. The Morgan fingerprint density at radius 1 is 1.07 bits per heavy atom. The fraction of sp³-hybridized carbons (Fsp3) is 0.783. The first-order valence-electron chi connectivity index (χ1n) is 10.4. The lowest BCUT2D eigenvalue weighted by Crippen LogP contribution is -2.30. The van der Waals surface area contributed by atoms with E-state index < -0.39 is 5.97 Å². The van der Waals surface area contributed by atoms with Crippen LogP contribution in [0.3, 0.4) is 0 Å². The molecule has 0 bridgehead atoms. The van der Waals surface area contributed by atoms with E-state index in [1.54, 1.807) is 14.0 Å². The Morgan fingerprint density at radius 3 is 2.00 bits per heavy atom. The quantitative estimate of drug-likeness (QED) is 0.180. The van der Waals surface area contributed by atoms with E-state index >= 15 is 0 Å². The van der Waals surface area contributed by atoms with Crippen LogP contribution in [0.15, 0.2) is 10.7 Å². The van der Waals surface area contributed by atoms with Crippen molar-refractivity contribution in [2.24, 2.45) is 5.41 Å². The highest BCUT2D eigenvalue weighted by atomic mass is 35.5. The number of carbonyl (C=O) groups is 1. The lowest BCUT2D eigenvalue weighted by Gasteiger charge is -2.26. The molecule has 0 aliphatic rings. The van der Waals surface area contributed by atoms with Crippen LogP contribution in [0.2, 0.25) is 0 Å². The number of rotatable bonds is 11. The summed E-state index contributed by atoms with van der Waals surface area (Å²) in [6.45, 7) is 18.7. The van der Waals surface area contributed by atoms with Gasteiger partial charge in [0.15, 0.2) is 0 Å². The van der Waals surface area contributed by atoms with Crippen LogP contribution in [0, 0.1) is 18.3 Å². The number of ether oxygens (including phenoxy) is 3. The summed E-state index contributed by atoms with van der Waals surface area (Å²) < 4.78 is 15.6. The maximum absolute atomic E-state index is 12.2. The standard InChI is InChI=1S/C17H32ClNO4.2C2H6.C2H2/c1-7-23-16(20)15(19(5)10-9-17(2,3)4)14(18)13-22-12-8-11-21-6;3*1-2/h7-13H2,1-6H3;2*1-2H3;1-2H/b15-14+;;;. The van der Waals surface area contributed by atoms with Gasteiger partial charge in [0.2, 0.25) is 0 Å². The summed E-state index contributed by atoms with van der Waals surface area (Å²) >= 11 is 6.32. The summed E-state index contributed by atoms with van der Waals surface area (Å²) in [6.07, 6.45) is 9.72. The minimum absolute atomic E-state index is 0.178. The molecule has 0 atom stereocenters. The molecule has 6 heteroatoms. The Hall–Kier alpha value is -1.22. The second-order valence-electron chi connectivity index (χ2n) is 6.61. The lowest BCUT2D eigenvalue weighted by atomic mass is 9.92. The van der Waals surface area contributed by atoms with Crippen molar-refractivity contribution in [2.45, 2.75) is 68.2 Å². The molecule has 0 N–H and O–H groups in total. The van der Waals surface area contributed by atoms with Crippen molar-refractivity contribution in [3.05, 3.63) is 10.7 Å². The number of esters is 1. The first kappa shape index (κ1) is 35.2. The van der Waals surface area contributed by atoms with Gasteiger partial charge < -0.3 is 19.1 Å². The van der Waals surface area contributed by atoms with Crippen molar-refractivity contribution in [3.8, 4) is 12.8 Å². The van der Waals surface area contributed by atoms with Crippen LogP contribution in [0.1, 0.15) is 68.2 Å². The molecule has 29 heavy (non-hydrogen) atoms. The number of nitrogens with zero attached hydrogens (tertiary/aromatic N) is 1. The summed E-state index contributed by atoms with van der Waals surface area (Å²) in [5.41, 5.74) is 0.557. The maximum atomic E-state index is 12.2. The third-order valence-corrected chi connectivity index (χ3v) is 3.46. The third-order valence-electron chi connectivity index (χ3n) is 3.17. The van der Waals surface area contributed by atoms with Crippen LogP contribution in [-0.4, -0.2) is 58.0 Å². The Bertz CT molecular complexity index is 415. The molecule has 0 saturated heterocycles. The zero-order chi connectivity index (χ0) is 23.9. The molecule has 0 fully saturated rings. The van der Waals surface area contributed by atoms with Gasteiger partial charge in [-0.15, -0.1) is 12.8 Å². The predicted octanol–water partition coefficient (Wildman–Crippen LogP) is 5.72. The normalized spacial score (nSPS) is 10.7. The molecule has 0 rings (SSSR count). The van der Waals surface area contributed by atoms with Crippen LogP contribution in [0.25, 0.3) is 0 Å². The Morgan fingerprint density at radius 2 is 1.59 bits per heavy atom. The fourth-order valence-corrected chi connectivity index (χ4v) is 2.12. The van der Waals surface area contributed by atoms with Crippen molar-refractivity contribution >= 4 is 17.6 Å². The van der Waals surface area contributed by atoms with Crippen molar-refractivity contribution in [1.29, 1.82) is 0 Å². The summed E-state index contributed by atoms with van der Waals surface area (Å²) in [6, 6.07) is 0. The lowest BCUT2D eigenvalue weighted by molar-refractivity contribution is -0.140. The highest BCUT2D eigenvalue weighted by Crippen LogP contribution is 2.22. The minimum atomic E-state index is -0.408. The Balaban J connectivity index is -0.000000472. The van der Waals surface area contributed by atoms with Gasteiger partial charge in [-0.3, -0.25) is 0 Å². The maximum Gasteiger partial charge on any atom is 0.355 e. The molecule has 0 spiro atoms. The predicted molar refractivity (Wildman–Crippen MR) is 126 cm³/mol. The van der Waals surface area contributed by atoms with E-state index in [2.05, 4.69) is 33.6 Å². The molecule has 0 amide bonds. The number of terminal acetylenes is 1. The van der Waals surface area contributed by atoms with Gasteiger partial charge in [-0.05, 0) is 25.2 Å². The molecular formula is C23H46ClNO4. The number of carbonyl (C=O) groups excluding carboxylic acids is 1. The molecule has 0 aliphatic heterocycles. The molecule has 5 nitrogen and oxygen atoms in total. The molecule has 0 unspecified atom stereocenters. The van der Waals surface area contributed by atoms with Crippen LogP contribution in [-0.2, 0) is 19.0 Å². The second kappa shape index (κ2) is 24.8. The number of likely N-dealkylation sites (N-methyl/N-ethyl adjacent to an activating group) is 1. The molecular weight excluding hydrogens is 390 g/mol. The van der Waals surface area contributed by atoms with Gasteiger partial charge >= 0.3 is 5.97 Å². The molecule has 0 aliphatic carbocycles. The monoisotopic (exact) mass is 435 g/mol. The van der Waals surface area contributed by atoms with Crippen LogP contribution >= 0.6 is 11.6 Å². The first-order valence-corrected chi connectivity index (χ1v) is 10.8. The van der Waals surface area contributed by atoms with E-state index in [1.165, 1.54) is 0 Å². The van der Waals surface area contributed by atoms with Gasteiger partial charge in [0.05, 0.1) is 18.2 Å². The SMILES string of the molecule is C#C.CC.CC.CCOC(=O)/C(=C(\Cl)COCCCOC)N(C)CCC(C)(C)C. The average molecular weight is 436 g/mol. The minimum Gasteiger partial charge on any atom is -0.461 e. The van der Waals surface area contributed by atoms with Crippen LogP contribution in [0.4, 0.5) is 0 Å². The highest BCUT2D eigenvalue weighted by Gasteiger charge is 2.22. The number of hydrogen-bond donors (Lipinski definition) is 0. The number of halogens is 1. The average Bonchev–Trinajstić information content (AvgIpc) is 2.70. The number of hydrogen-bond acceptors (Lipinski definition) is 5. The van der Waals surface area contributed by atoms with Crippen molar-refractivity contribution in [2.75, 3.05) is 47.1 Å². The van der Waals surface area contributed by atoms with E-state index in [0.717, 1.165) is 19.4 Å². The molecule has 0 heterocycles. The molecule has 0 aromatic heterocycles. The van der Waals surface area contributed by atoms with Gasteiger partial charge in [-0.1, -0.05) is 60.1 Å². The molecule has 0 saturated carbocycles. The van der Waals surface area contributed by atoms with Gasteiger partial charge in [-0.2, -0.15) is 0 Å².